The van der Waals surface area contributed by atoms with E-state index in [1.807, 2.05) is 42.9 Å². The molecule has 0 saturated carbocycles. The molecule has 186 valence electrons. The number of rotatable bonds is 7. The number of esters is 1. The average molecular weight is 543 g/mol. The van der Waals surface area contributed by atoms with Crippen molar-refractivity contribution >= 4 is 57.9 Å². The molecule has 2 aromatic carbocycles. The van der Waals surface area contributed by atoms with Gasteiger partial charge in [-0.05, 0) is 55.4 Å². The molecule has 2 aromatic heterocycles. The molecule has 36 heavy (non-hydrogen) atoms. The molecule has 4 rings (SSSR count). The minimum Gasteiger partial charge on any atom is -0.465 e. The zero-order chi connectivity index (χ0) is 25.8. The Hall–Kier alpha value is -3.40. The number of ether oxygens (including phenoxy) is 1. The van der Waals surface area contributed by atoms with Gasteiger partial charge in [-0.2, -0.15) is 10.2 Å². The number of benzene rings is 2. The molecule has 11 heteroatoms. The Balaban J connectivity index is 1.42. The van der Waals surface area contributed by atoms with Crippen molar-refractivity contribution in [1.82, 2.24) is 19.6 Å². The molecule has 0 aliphatic rings. The highest BCUT2D eigenvalue weighted by atomic mass is 35.5. The molecular weight excluding hydrogens is 519 g/mol. The predicted molar refractivity (Wildman–Crippen MR) is 146 cm³/mol. The Labute approximate surface area is 224 Å². The fourth-order valence-electron chi connectivity index (χ4n) is 3.78. The molecule has 0 unspecified atom stereocenters. The number of aromatic nitrogens is 4. The SMILES string of the molecule is COC(=O)c1ccccc1Cn1cc(NC(=S)Nc2c(C)nn(Cc3ccc(Cl)cc3Cl)c2C)cn1. The predicted octanol–water partition coefficient (Wildman–Crippen LogP) is 5.70. The third-order valence-corrected chi connectivity index (χ3v) is 6.39. The average Bonchev–Trinajstić information content (AvgIpc) is 3.39. The molecule has 0 saturated heterocycles. The van der Waals surface area contributed by atoms with Gasteiger partial charge in [-0.3, -0.25) is 9.36 Å². The van der Waals surface area contributed by atoms with Crippen LogP contribution in [-0.4, -0.2) is 37.8 Å². The van der Waals surface area contributed by atoms with Crippen LogP contribution in [0.3, 0.4) is 0 Å². The van der Waals surface area contributed by atoms with Crippen LogP contribution in [0.5, 0.6) is 0 Å². The number of nitrogens with one attached hydrogen (secondary N) is 2. The van der Waals surface area contributed by atoms with Crippen LogP contribution in [0.4, 0.5) is 11.4 Å². The monoisotopic (exact) mass is 542 g/mol. The van der Waals surface area contributed by atoms with Gasteiger partial charge in [0.2, 0.25) is 0 Å². The Bertz CT molecular complexity index is 1430. The van der Waals surface area contributed by atoms with E-state index in [9.17, 15) is 4.79 Å². The highest BCUT2D eigenvalue weighted by molar-refractivity contribution is 7.80. The number of hydrogen-bond donors (Lipinski definition) is 2. The summed E-state index contributed by atoms with van der Waals surface area (Å²) in [5.74, 6) is -0.383. The van der Waals surface area contributed by atoms with E-state index >= 15 is 0 Å². The van der Waals surface area contributed by atoms with Gasteiger partial charge in [-0.25, -0.2) is 4.79 Å². The van der Waals surface area contributed by atoms with Gasteiger partial charge in [0.1, 0.15) is 0 Å². The van der Waals surface area contributed by atoms with Crippen LogP contribution in [0.25, 0.3) is 0 Å². The largest absolute Gasteiger partial charge is 0.465 e. The lowest BCUT2D eigenvalue weighted by atomic mass is 10.1. The second-order valence-corrected chi connectivity index (χ2v) is 9.35. The number of anilines is 2. The second-order valence-electron chi connectivity index (χ2n) is 8.09. The standard InChI is InChI=1S/C25H24Cl2N6O2S/c1-15-23(16(2)33(31-15)13-18-8-9-19(26)10-22(18)27)30-25(36)29-20-11-28-32(14-20)12-17-6-4-5-7-21(17)24(34)35-3/h4-11,14H,12-13H2,1-3H3,(H2,29,30,36). The Morgan fingerprint density at radius 1 is 1.08 bits per heavy atom. The Kier molecular flexibility index (Phi) is 7.93. The van der Waals surface area contributed by atoms with Crippen molar-refractivity contribution in [2.45, 2.75) is 26.9 Å². The number of methoxy groups -OCH3 is 1. The summed E-state index contributed by atoms with van der Waals surface area (Å²) in [6.07, 6.45) is 3.48. The Morgan fingerprint density at radius 2 is 1.86 bits per heavy atom. The topological polar surface area (TPSA) is 86.0 Å². The van der Waals surface area contributed by atoms with Crippen molar-refractivity contribution in [2.24, 2.45) is 0 Å². The molecule has 2 N–H and O–H groups in total. The van der Waals surface area contributed by atoms with E-state index in [4.69, 9.17) is 40.2 Å². The lowest BCUT2D eigenvalue weighted by Crippen LogP contribution is -2.19. The molecule has 0 bridgehead atoms. The quantitative estimate of drug-likeness (QED) is 0.229. The number of nitrogens with zero attached hydrogens (tertiary/aromatic N) is 4. The summed E-state index contributed by atoms with van der Waals surface area (Å²) in [6, 6.07) is 12.7. The highest BCUT2D eigenvalue weighted by Crippen LogP contribution is 2.25. The molecular formula is C25H24Cl2N6O2S. The minimum atomic E-state index is -0.383. The number of carbonyl (C=O) groups excluding carboxylic acids is 1. The van der Waals surface area contributed by atoms with Crippen molar-refractivity contribution < 1.29 is 9.53 Å². The third-order valence-electron chi connectivity index (χ3n) is 5.60. The normalized spacial score (nSPS) is 10.8. The van der Waals surface area contributed by atoms with Crippen LogP contribution in [0.2, 0.25) is 10.0 Å². The maximum absolute atomic E-state index is 12.0. The number of carbonyl (C=O) groups is 1. The van der Waals surface area contributed by atoms with Crippen molar-refractivity contribution in [2.75, 3.05) is 17.7 Å². The second kappa shape index (κ2) is 11.1. The first-order valence-corrected chi connectivity index (χ1v) is 12.2. The van der Waals surface area contributed by atoms with E-state index in [0.717, 1.165) is 28.2 Å². The van der Waals surface area contributed by atoms with Crippen LogP contribution in [0.1, 0.15) is 32.9 Å². The Morgan fingerprint density at radius 3 is 2.61 bits per heavy atom. The zero-order valence-corrected chi connectivity index (χ0v) is 22.2. The molecule has 8 nitrogen and oxygen atoms in total. The van der Waals surface area contributed by atoms with Crippen molar-refractivity contribution in [3.05, 3.63) is 93.0 Å². The van der Waals surface area contributed by atoms with Gasteiger partial charge in [0.05, 0.1) is 54.7 Å². The van der Waals surface area contributed by atoms with Gasteiger partial charge in [0.25, 0.3) is 0 Å². The van der Waals surface area contributed by atoms with Gasteiger partial charge < -0.3 is 15.4 Å². The lowest BCUT2D eigenvalue weighted by Gasteiger charge is -2.11. The van der Waals surface area contributed by atoms with Gasteiger partial charge in [0.15, 0.2) is 5.11 Å². The van der Waals surface area contributed by atoms with Gasteiger partial charge >= 0.3 is 5.97 Å². The van der Waals surface area contributed by atoms with E-state index in [2.05, 4.69) is 20.8 Å². The first kappa shape index (κ1) is 25.7. The summed E-state index contributed by atoms with van der Waals surface area (Å²) in [4.78, 5) is 12.0. The number of aryl methyl sites for hydroxylation is 1. The fraction of sp³-hybridized carbons (Fsp3) is 0.200. The summed E-state index contributed by atoms with van der Waals surface area (Å²) >= 11 is 17.9. The first-order chi connectivity index (χ1) is 17.2. The van der Waals surface area contributed by atoms with E-state index in [-0.39, 0.29) is 5.97 Å². The summed E-state index contributed by atoms with van der Waals surface area (Å²) in [7, 11) is 1.36. The maximum Gasteiger partial charge on any atom is 0.338 e. The van der Waals surface area contributed by atoms with Crippen molar-refractivity contribution in [3.63, 3.8) is 0 Å². The highest BCUT2D eigenvalue weighted by Gasteiger charge is 2.15. The van der Waals surface area contributed by atoms with Crippen LogP contribution >= 0.6 is 35.4 Å². The number of thiocarbonyl (C=S) groups is 1. The molecule has 0 aliphatic heterocycles. The third kappa shape index (κ3) is 5.87. The van der Waals surface area contributed by atoms with Crippen LogP contribution in [-0.2, 0) is 17.8 Å². The molecule has 0 radical (unpaired) electrons. The lowest BCUT2D eigenvalue weighted by molar-refractivity contribution is 0.0599. The van der Waals surface area contributed by atoms with Crippen molar-refractivity contribution in [3.8, 4) is 0 Å². The van der Waals surface area contributed by atoms with Gasteiger partial charge in [0, 0.05) is 16.2 Å². The van der Waals surface area contributed by atoms with Gasteiger partial charge in [-0.1, -0.05) is 47.5 Å². The molecule has 0 fully saturated rings. The van der Waals surface area contributed by atoms with Crippen LogP contribution in [0.15, 0.2) is 54.9 Å². The van der Waals surface area contributed by atoms with E-state index in [1.165, 1.54) is 7.11 Å². The summed E-state index contributed by atoms with van der Waals surface area (Å²) in [6.45, 7) is 4.79. The van der Waals surface area contributed by atoms with Crippen LogP contribution < -0.4 is 10.6 Å². The van der Waals surface area contributed by atoms with Gasteiger partial charge in [-0.15, -0.1) is 0 Å². The molecule has 0 atom stereocenters. The number of hydrogen-bond acceptors (Lipinski definition) is 5. The van der Waals surface area contributed by atoms with E-state index in [0.29, 0.717) is 39.5 Å². The molecule has 0 amide bonds. The molecule has 0 aliphatic carbocycles. The molecule has 0 spiro atoms. The number of halogens is 2. The van der Waals surface area contributed by atoms with Crippen molar-refractivity contribution in [1.29, 1.82) is 0 Å². The minimum absolute atomic E-state index is 0.383. The first-order valence-electron chi connectivity index (χ1n) is 11.0. The summed E-state index contributed by atoms with van der Waals surface area (Å²) in [5.41, 5.74) is 5.47. The zero-order valence-electron chi connectivity index (χ0n) is 19.9. The molecule has 4 aromatic rings. The fourth-order valence-corrected chi connectivity index (χ4v) is 4.46. The maximum atomic E-state index is 12.0. The summed E-state index contributed by atoms with van der Waals surface area (Å²) < 4.78 is 8.46. The molecule has 2 heterocycles. The van der Waals surface area contributed by atoms with E-state index in [1.54, 1.807) is 35.1 Å². The smallest absolute Gasteiger partial charge is 0.338 e. The van der Waals surface area contributed by atoms with E-state index < -0.39 is 0 Å². The van der Waals surface area contributed by atoms with Crippen LogP contribution in [0, 0.1) is 13.8 Å². The summed E-state index contributed by atoms with van der Waals surface area (Å²) in [5, 5.41) is 17.0.